The lowest BCUT2D eigenvalue weighted by Gasteiger charge is -2.20. The highest BCUT2D eigenvalue weighted by atomic mass is 16.5. The fourth-order valence-corrected chi connectivity index (χ4v) is 11.1. The number of amides is 1. The molecule has 0 fully saturated rings. The Hall–Kier alpha value is -2.18. The molecule has 0 rings (SSSR count). The van der Waals surface area contributed by atoms with Crippen LogP contribution in [-0.2, 0) is 14.3 Å². The number of hydrogen-bond donors (Lipinski definition) is 3. The van der Waals surface area contributed by atoms with Crippen molar-refractivity contribution in [1.82, 2.24) is 5.32 Å². The first kappa shape index (κ1) is 77.8. The van der Waals surface area contributed by atoms with Crippen LogP contribution in [0, 0.1) is 0 Å². The quantitative estimate of drug-likeness (QED) is 0.0320. The Morgan fingerprint density at radius 2 is 0.625 bits per heavy atom. The van der Waals surface area contributed by atoms with Crippen molar-refractivity contribution in [3.05, 3.63) is 48.6 Å². The lowest BCUT2D eigenvalue weighted by molar-refractivity contribution is -0.143. The highest BCUT2D eigenvalue weighted by Crippen LogP contribution is 2.18. The molecule has 0 spiro atoms. The maximum absolute atomic E-state index is 12.4. The first-order chi connectivity index (χ1) is 39.5. The maximum atomic E-state index is 12.4. The molecule has 2 unspecified atom stereocenters. The number of aliphatic hydroxyl groups is 2. The molecule has 80 heavy (non-hydrogen) atoms. The summed E-state index contributed by atoms with van der Waals surface area (Å²) in [5.74, 6) is -0.0572. The molecule has 0 heterocycles. The second-order valence-corrected chi connectivity index (χ2v) is 24.6. The third kappa shape index (κ3) is 65.0. The smallest absolute Gasteiger partial charge is 0.305 e. The van der Waals surface area contributed by atoms with Gasteiger partial charge in [0.1, 0.15) is 0 Å². The van der Waals surface area contributed by atoms with E-state index in [0.717, 1.165) is 51.4 Å². The number of allylic oxidation sites excluding steroid dienone is 7. The minimum atomic E-state index is -0.840. The molecule has 0 bridgehead atoms. The molecule has 0 aliphatic rings. The van der Waals surface area contributed by atoms with Gasteiger partial charge in [-0.1, -0.05) is 332 Å². The SMILES string of the molecule is CCCCCC/C=C\C/C=C\CCCCCCCC(=O)OCCCCCCCCCCCCCCCCCC/C=C\CCCCCCCCCCCCCCCCCCCC(=O)NC(CO)C(O)/C=C/CCCCCCCCCC. The predicted octanol–water partition coefficient (Wildman–Crippen LogP) is 23.3. The van der Waals surface area contributed by atoms with Gasteiger partial charge in [-0.05, 0) is 89.9 Å². The third-order valence-electron chi connectivity index (χ3n) is 16.6. The van der Waals surface area contributed by atoms with Gasteiger partial charge in [-0.25, -0.2) is 0 Å². The summed E-state index contributed by atoms with van der Waals surface area (Å²) in [7, 11) is 0. The van der Waals surface area contributed by atoms with Gasteiger partial charge in [-0.2, -0.15) is 0 Å². The van der Waals surface area contributed by atoms with Crippen LogP contribution in [0.1, 0.15) is 386 Å². The van der Waals surface area contributed by atoms with Crippen molar-refractivity contribution in [2.45, 2.75) is 398 Å². The number of rotatable bonds is 67. The second kappa shape index (κ2) is 69.3. The molecule has 0 aromatic heterocycles. The van der Waals surface area contributed by atoms with Crippen LogP contribution in [-0.4, -0.2) is 47.4 Å². The summed E-state index contributed by atoms with van der Waals surface area (Å²) in [6.07, 6.45) is 90.8. The van der Waals surface area contributed by atoms with Gasteiger partial charge in [0.15, 0.2) is 0 Å². The van der Waals surface area contributed by atoms with Gasteiger partial charge >= 0.3 is 5.97 Å². The van der Waals surface area contributed by atoms with Gasteiger partial charge in [0.2, 0.25) is 5.91 Å². The molecule has 0 aliphatic carbocycles. The monoisotopic (exact) mass is 1120 g/mol. The fraction of sp³-hybridized carbons (Fsp3) is 0.865. The first-order valence-corrected chi connectivity index (χ1v) is 35.9. The summed E-state index contributed by atoms with van der Waals surface area (Å²) in [4.78, 5) is 24.5. The zero-order valence-corrected chi connectivity index (χ0v) is 53.8. The molecule has 0 saturated carbocycles. The number of hydrogen-bond acceptors (Lipinski definition) is 5. The Kier molecular flexibility index (Phi) is 67.4. The van der Waals surface area contributed by atoms with E-state index in [1.807, 2.05) is 6.08 Å². The number of carbonyl (C=O) groups is 2. The van der Waals surface area contributed by atoms with Gasteiger partial charge in [0.25, 0.3) is 0 Å². The summed E-state index contributed by atoms with van der Waals surface area (Å²) in [5, 5.41) is 23.0. The van der Waals surface area contributed by atoms with Crippen LogP contribution in [0.15, 0.2) is 48.6 Å². The van der Waals surface area contributed by atoms with Crippen molar-refractivity contribution in [3.8, 4) is 0 Å². The van der Waals surface area contributed by atoms with Crippen molar-refractivity contribution in [2.75, 3.05) is 13.2 Å². The van der Waals surface area contributed by atoms with Crippen LogP contribution in [0.5, 0.6) is 0 Å². The van der Waals surface area contributed by atoms with Crippen LogP contribution in [0.4, 0.5) is 0 Å². The van der Waals surface area contributed by atoms with E-state index in [1.165, 1.54) is 308 Å². The molecule has 470 valence electrons. The van der Waals surface area contributed by atoms with E-state index in [9.17, 15) is 19.8 Å². The first-order valence-electron chi connectivity index (χ1n) is 35.9. The van der Waals surface area contributed by atoms with E-state index in [2.05, 4.69) is 55.6 Å². The van der Waals surface area contributed by atoms with Crippen LogP contribution in [0.3, 0.4) is 0 Å². The van der Waals surface area contributed by atoms with Crippen molar-refractivity contribution in [1.29, 1.82) is 0 Å². The lowest BCUT2D eigenvalue weighted by atomic mass is 10.0. The standard InChI is InChI=1S/C74H139NO5/c1-3-5-7-9-11-13-15-16-17-42-45-48-52-56-60-64-68-74(79)80-69-65-61-57-53-49-46-43-40-38-36-34-32-30-28-26-24-22-20-18-19-21-23-25-27-29-31-33-35-37-39-41-44-47-51-55-59-63-67-73(78)75-71(70-76)72(77)66-62-58-54-50-14-12-10-8-6-4-2/h13,15,17-18,20,42,62,66,71-72,76-77H,3-12,14,16,19,21-41,43-61,63-65,67-70H2,1-2H3,(H,75,78)/b15-13-,20-18-,42-17-,66-62+. The molecule has 3 N–H and O–H groups in total. The second-order valence-electron chi connectivity index (χ2n) is 24.6. The largest absolute Gasteiger partial charge is 0.466 e. The van der Waals surface area contributed by atoms with Crippen LogP contribution < -0.4 is 5.32 Å². The zero-order valence-electron chi connectivity index (χ0n) is 53.8. The van der Waals surface area contributed by atoms with Crippen molar-refractivity contribution in [2.24, 2.45) is 0 Å². The number of esters is 1. The molecular formula is C74H139NO5. The van der Waals surface area contributed by atoms with E-state index >= 15 is 0 Å². The van der Waals surface area contributed by atoms with Gasteiger partial charge in [0, 0.05) is 12.8 Å². The number of carbonyl (C=O) groups excluding carboxylic acids is 2. The summed E-state index contributed by atoms with van der Waals surface area (Å²) in [6.45, 7) is 4.88. The number of aliphatic hydroxyl groups excluding tert-OH is 2. The minimum Gasteiger partial charge on any atom is -0.466 e. The Balaban J connectivity index is 3.32. The molecule has 0 saturated heterocycles. The average Bonchev–Trinajstić information content (AvgIpc) is 3.46. The van der Waals surface area contributed by atoms with E-state index in [1.54, 1.807) is 6.08 Å². The Morgan fingerprint density at radius 1 is 0.350 bits per heavy atom. The van der Waals surface area contributed by atoms with E-state index in [0.29, 0.717) is 19.4 Å². The Morgan fingerprint density at radius 3 is 0.975 bits per heavy atom. The minimum absolute atomic E-state index is 0.00773. The highest BCUT2D eigenvalue weighted by Gasteiger charge is 2.18. The number of ether oxygens (including phenoxy) is 1. The summed E-state index contributed by atoms with van der Waals surface area (Å²) >= 11 is 0. The third-order valence-corrected chi connectivity index (χ3v) is 16.6. The molecule has 6 heteroatoms. The molecule has 6 nitrogen and oxygen atoms in total. The van der Waals surface area contributed by atoms with Crippen molar-refractivity contribution in [3.63, 3.8) is 0 Å². The summed E-state index contributed by atoms with van der Waals surface area (Å²) < 4.78 is 5.49. The Labute approximate surface area is 499 Å². The Bertz CT molecular complexity index is 1340. The van der Waals surface area contributed by atoms with Gasteiger partial charge < -0.3 is 20.3 Å². The van der Waals surface area contributed by atoms with Crippen molar-refractivity contribution >= 4 is 11.9 Å². The maximum Gasteiger partial charge on any atom is 0.305 e. The summed E-state index contributed by atoms with van der Waals surface area (Å²) in [5.41, 5.74) is 0. The van der Waals surface area contributed by atoms with Gasteiger partial charge in [0.05, 0.1) is 25.4 Å². The molecule has 0 aromatic rings. The molecule has 2 atom stereocenters. The average molecular weight is 1120 g/mol. The van der Waals surface area contributed by atoms with Crippen LogP contribution in [0.25, 0.3) is 0 Å². The number of nitrogens with one attached hydrogen (secondary N) is 1. The summed E-state index contributed by atoms with van der Waals surface area (Å²) in [6, 6.07) is -0.623. The predicted molar refractivity (Wildman–Crippen MR) is 352 cm³/mol. The number of unbranched alkanes of at least 4 members (excludes halogenated alkanes) is 50. The van der Waals surface area contributed by atoms with Gasteiger partial charge in [-0.15, -0.1) is 0 Å². The lowest BCUT2D eigenvalue weighted by Crippen LogP contribution is -2.45. The van der Waals surface area contributed by atoms with Crippen LogP contribution in [0.2, 0.25) is 0 Å². The van der Waals surface area contributed by atoms with Gasteiger partial charge in [-0.3, -0.25) is 9.59 Å². The molecule has 0 aliphatic heterocycles. The normalized spacial score (nSPS) is 12.8. The van der Waals surface area contributed by atoms with E-state index in [4.69, 9.17) is 4.74 Å². The molecule has 0 aromatic carbocycles. The van der Waals surface area contributed by atoms with E-state index < -0.39 is 12.1 Å². The molecule has 1 amide bonds. The molecular weight excluding hydrogens is 983 g/mol. The van der Waals surface area contributed by atoms with Crippen LogP contribution >= 0.6 is 0 Å². The zero-order chi connectivity index (χ0) is 57.8. The molecule has 0 radical (unpaired) electrons. The van der Waals surface area contributed by atoms with Crippen molar-refractivity contribution < 1.29 is 24.5 Å². The fourth-order valence-electron chi connectivity index (χ4n) is 11.1. The highest BCUT2D eigenvalue weighted by molar-refractivity contribution is 5.76. The topological polar surface area (TPSA) is 95.9 Å². The van der Waals surface area contributed by atoms with E-state index in [-0.39, 0.29) is 18.5 Å².